The third-order valence-electron chi connectivity index (χ3n) is 9.16. The quantitative estimate of drug-likeness (QED) is 0.102. The zero-order valence-corrected chi connectivity index (χ0v) is 29.2. The second kappa shape index (κ2) is 14.6. The maximum Gasteiger partial charge on any atom is 0.250 e. The van der Waals surface area contributed by atoms with Crippen LogP contribution in [0.2, 0.25) is 18.1 Å². The van der Waals surface area contributed by atoms with Gasteiger partial charge in [0.2, 0.25) is 8.32 Å². The van der Waals surface area contributed by atoms with Crippen LogP contribution in [0.5, 0.6) is 5.75 Å². The minimum Gasteiger partial charge on any atom is -0.543 e. The van der Waals surface area contributed by atoms with E-state index in [1.807, 2.05) is 29.1 Å². The van der Waals surface area contributed by atoms with Crippen LogP contribution in [0.1, 0.15) is 84.6 Å². The molecule has 10 heteroatoms. The fourth-order valence-corrected chi connectivity index (χ4v) is 6.19. The molecular weight excluding hydrogens is 583 g/mol. The van der Waals surface area contributed by atoms with Gasteiger partial charge in [0.1, 0.15) is 17.1 Å². The molecule has 1 saturated heterocycles. The summed E-state index contributed by atoms with van der Waals surface area (Å²) in [6, 6.07) is 16.7. The highest BCUT2D eigenvalue weighted by Gasteiger charge is 2.39. The fraction of sp³-hybridized carbons (Fsp3) is 0.571. The first-order valence-electron chi connectivity index (χ1n) is 16.5. The van der Waals surface area contributed by atoms with Gasteiger partial charge in [-0.05, 0) is 87.8 Å². The van der Waals surface area contributed by atoms with Gasteiger partial charge in [-0.1, -0.05) is 51.1 Å². The lowest BCUT2D eigenvalue weighted by molar-refractivity contribution is -0.0365. The molecule has 1 aliphatic rings. The molecule has 2 aromatic carbocycles. The SMILES string of the molecule is CC(CCOCCC(C)n1ncc(-c2nn(C3CCCCO3)c3ccc(O[Si](C)(C)C(C)(C)C)cc23)n1)OCc1ccccc1. The minimum absolute atomic E-state index is 0.0815. The van der Waals surface area contributed by atoms with Gasteiger partial charge in [-0.15, -0.1) is 0 Å². The second-order valence-electron chi connectivity index (χ2n) is 13.9. The van der Waals surface area contributed by atoms with Crippen LogP contribution in [-0.2, 0) is 20.8 Å². The first-order chi connectivity index (χ1) is 21.5. The molecule has 1 fully saturated rings. The molecule has 2 aromatic heterocycles. The molecule has 3 atom stereocenters. The lowest BCUT2D eigenvalue weighted by atomic mass is 10.1. The van der Waals surface area contributed by atoms with Crippen LogP contribution < -0.4 is 4.43 Å². The maximum atomic E-state index is 6.68. The predicted molar refractivity (Wildman–Crippen MR) is 181 cm³/mol. The van der Waals surface area contributed by atoms with Crippen LogP contribution in [0, 0.1) is 0 Å². The largest absolute Gasteiger partial charge is 0.543 e. The summed E-state index contributed by atoms with van der Waals surface area (Å²) in [4.78, 5) is 1.78. The Hall–Kier alpha value is -3.05. The number of benzene rings is 2. The summed E-state index contributed by atoms with van der Waals surface area (Å²) < 4.78 is 26.8. The summed E-state index contributed by atoms with van der Waals surface area (Å²) in [6.45, 7) is 18.2. The van der Waals surface area contributed by atoms with Gasteiger partial charge >= 0.3 is 0 Å². The van der Waals surface area contributed by atoms with Crippen LogP contribution in [0.15, 0.2) is 54.7 Å². The van der Waals surface area contributed by atoms with Crippen molar-refractivity contribution in [1.29, 1.82) is 0 Å². The van der Waals surface area contributed by atoms with Crippen molar-refractivity contribution >= 4 is 19.2 Å². The zero-order valence-electron chi connectivity index (χ0n) is 28.2. The molecule has 9 nitrogen and oxygen atoms in total. The van der Waals surface area contributed by atoms with Gasteiger partial charge in [-0.2, -0.15) is 20.1 Å². The second-order valence-corrected chi connectivity index (χ2v) is 18.6. The number of ether oxygens (including phenoxy) is 3. The summed E-state index contributed by atoms with van der Waals surface area (Å²) in [5, 5.41) is 15.7. The highest BCUT2D eigenvalue weighted by molar-refractivity contribution is 6.74. The van der Waals surface area contributed by atoms with Crippen LogP contribution >= 0.6 is 0 Å². The van der Waals surface area contributed by atoms with Crippen molar-refractivity contribution in [3.8, 4) is 17.1 Å². The Morgan fingerprint density at radius 1 is 1.00 bits per heavy atom. The summed E-state index contributed by atoms with van der Waals surface area (Å²) in [6.07, 6.45) is 6.70. The number of aromatic nitrogens is 5. The predicted octanol–water partition coefficient (Wildman–Crippen LogP) is 8.34. The van der Waals surface area contributed by atoms with E-state index >= 15 is 0 Å². The van der Waals surface area contributed by atoms with E-state index in [-0.39, 0.29) is 23.4 Å². The van der Waals surface area contributed by atoms with Crippen molar-refractivity contribution < 1.29 is 18.6 Å². The highest BCUT2D eigenvalue weighted by Crippen LogP contribution is 2.39. The van der Waals surface area contributed by atoms with E-state index in [9.17, 15) is 0 Å². The Morgan fingerprint density at radius 2 is 1.78 bits per heavy atom. The number of rotatable bonds is 14. The molecule has 1 aliphatic heterocycles. The molecule has 0 radical (unpaired) electrons. The smallest absolute Gasteiger partial charge is 0.250 e. The highest BCUT2D eigenvalue weighted by atomic mass is 28.4. The third kappa shape index (κ3) is 8.41. The van der Waals surface area contributed by atoms with Crippen molar-refractivity contribution in [3.05, 3.63) is 60.3 Å². The Morgan fingerprint density at radius 3 is 2.51 bits per heavy atom. The van der Waals surface area contributed by atoms with Gasteiger partial charge in [0, 0.05) is 25.2 Å². The summed E-state index contributed by atoms with van der Waals surface area (Å²) in [5.41, 5.74) is 3.76. The normalized spacial score (nSPS) is 17.4. The van der Waals surface area contributed by atoms with E-state index in [2.05, 4.69) is 83.1 Å². The fourth-order valence-electron chi connectivity index (χ4n) is 5.17. The first-order valence-corrected chi connectivity index (χ1v) is 19.4. The minimum atomic E-state index is -2.01. The zero-order chi connectivity index (χ0) is 32.0. The average Bonchev–Trinajstić information content (AvgIpc) is 3.65. The number of hydrogen-bond acceptors (Lipinski definition) is 7. The van der Waals surface area contributed by atoms with Gasteiger partial charge < -0.3 is 18.6 Å². The molecule has 3 unspecified atom stereocenters. The van der Waals surface area contributed by atoms with E-state index in [1.54, 1.807) is 4.80 Å². The third-order valence-corrected chi connectivity index (χ3v) is 13.5. The van der Waals surface area contributed by atoms with Crippen molar-refractivity contribution in [1.82, 2.24) is 24.8 Å². The van der Waals surface area contributed by atoms with Crippen LogP contribution in [0.3, 0.4) is 0 Å². The van der Waals surface area contributed by atoms with Crippen molar-refractivity contribution in [2.75, 3.05) is 19.8 Å². The lowest BCUT2D eigenvalue weighted by Crippen LogP contribution is -2.43. The van der Waals surface area contributed by atoms with E-state index in [1.165, 1.54) is 5.56 Å². The molecule has 5 rings (SSSR count). The van der Waals surface area contributed by atoms with Gasteiger partial charge in [0.15, 0.2) is 6.23 Å². The molecule has 0 N–H and O–H groups in total. The summed E-state index contributed by atoms with van der Waals surface area (Å²) in [7, 11) is -2.01. The number of fused-ring (bicyclic) bond motifs is 1. The van der Waals surface area contributed by atoms with E-state index in [0.29, 0.717) is 19.8 Å². The Balaban J connectivity index is 1.23. The number of hydrogen-bond donors (Lipinski definition) is 0. The number of nitrogens with zero attached hydrogens (tertiary/aromatic N) is 5. The molecule has 0 amide bonds. The topological polar surface area (TPSA) is 85.5 Å². The van der Waals surface area contributed by atoms with Gasteiger partial charge in [0.25, 0.3) is 0 Å². The summed E-state index contributed by atoms with van der Waals surface area (Å²) >= 11 is 0. The molecule has 0 aliphatic carbocycles. The van der Waals surface area contributed by atoms with E-state index < -0.39 is 8.32 Å². The lowest BCUT2D eigenvalue weighted by Gasteiger charge is -2.36. The standard InChI is InChI=1S/C35H51N5O4Si/c1-26(18-21-41-22-19-27(2)43-25-28-13-9-8-10-14-28)40-36-24-31(37-40)34-30-23-29(44-45(6,7)35(3,4)5)16-17-32(30)39(38-34)33-15-11-12-20-42-33/h8-10,13-14,16-17,23-24,26-27,33H,11-12,15,18-22,25H2,1-7H3. The van der Waals surface area contributed by atoms with Crippen molar-refractivity contribution in [2.24, 2.45) is 0 Å². The van der Waals surface area contributed by atoms with E-state index in [4.69, 9.17) is 28.8 Å². The van der Waals surface area contributed by atoms with Crippen LogP contribution in [0.4, 0.5) is 0 Å². The van der Waals surface area contributed by atoms with Crippen LogP contribution in [0.25, 0.3) is 22.3 Å². The van der Waals surface area contributed by atoms with Gasteiger partial charge in [-0.25, -0.2) is 4.68 Å². The van der Waals surface area contributed by atoms with Crippen molar-refractivity contribution in [2.45, 2.75) is 110 Å². The summed E-state index contributed by atoms with van der Waals surface area (Å²) in [5.74, 6) is 0.872. The van der Waals surface area contributed by atoms with Gasteiger partial charge in [-0.3, -0.25) is 0 Å². The molecule has 4 aromatic rings. The molecule has 3 heterocycles. The molecular formula is C35H51N5O4Si. The Kier molecular flexibility index (Phi) is 10.8. The average molecular weight is 634 g/mol. The molecule has 0 bridgehead atoms. The molecule has 45 heavy (non-hydrogen) atoms. The Bertz CT molecular complexity index is 1510. The molecule has 244 valence electrons. The Labute approximate surface area is 269 Å². The molecule has 0 spiro atoms. The van der Waals surface area contributed by atoms with E-state index in [0.717, 1.165) is 66.8 Å². The molecule has 0 saturated carbocycles. The monoisotopic (exact) mass is 633 g/mol. The van der Waals surface area contributed by atoms with Crippen molar-refractivity contribution in [3.63, 3.8) is 0 Å². The maximum absolute atomic E-state index is 6.68. The first kappa shape index (κ1) is 33.3. The van der Waals surface area contributed by atoms with Gasteiger partial charge in [0.05, 0.1) is 30.5 Å². The van der Waals surface area contributed by atoms with Crippen LogP contribution in [-0.4, -0.2) is 59.0 Å².